The third-order valence-electron chi connectivity index (χ3n) is 8.23. The quantitative estimate of drug-likeness (QED) is 0.483. The summed E-state index contributed by atoms with van der Waals surface area (Å²) in [5.41, 5.74) is -0.262. The van der Waals surface area contributed by atoms with Crippen molar-refractivity contribution in [1.29, 1.82) is 0 Å². The van der Waals surface area contributed by atoms with Gasteiger partial charge in [0.2, 0.25) is 0 Å². The lowest BCUT2D eigenvalue weighted by molar-refractivity contribution is -0.328. The average Bonchev–Trinajstić information content (AvgIpc) is 2.95. The van der Waals surface area contributed by atoms with E-state index < -0.39 is 37.3 Å². The summed E-state index contributed by atoms with van der Waals surface area (Å²) in [6, 6.07) is 0. The Labute approximate surface area is 171 Å². The number of hydrogen-bond donors (Lipinski definition) is 4. The number of ether oxygens (including phenoxy) is 3. The van der Waals surface area contributed by atoms with E-state index in [1.165, 1.54) is 0 Å². The summed E-state index contributed by atoms with van der Waals surface area (Å²) in [6.07, 6.45) is -3.42. The van der Waals surface area contributed by atoms with Crippen LogP contribution in [0.25, 0.3) is 0 Å². The minimum Gasteiger partial charge on any atom is -0.462 e. The van der Waals surface area contributed by atoms with Crippen molar-refractivity contribution >= 4 is 5.97 Å². The zero-order chi connectivity index (χ0) is 21.1. The summed E-state index contributed by atoms with van der Waals surface area (Å²) in [4.78, 5) is 12.1. The molecule has 0 aromatic rings. The van der Waals surface area contributed by atoms with E-state index in [0.717, 1.165) is 19.3 Å². The van der Waals surface area contributed by atoms with Crippen molar-refractivity contribution in [2.24, 2.45) is 29.1 Å². The van der Waals surface area contributed by atoms with Crippen LogP contribution in [0.2, 0.25) is 0 Å². The molecular weight excluding hydrogens is 380 g/mol. The highest BCUT2D eigenvalue weighted by molar-refractivity contribution is 5.74. The molecule has 0 spiro atoms. The molecule has 0 radical (unpaired) electrons. The zero-order valence-corrected chi connectivity index (χ0v) is 17.3. The van der Waals surface area contributed by atoms with E-state index in [-0.39, 0.29) is 35.4 Å². The smallest absolute Gasteiger partial charge is 0.309 e. The van der Waals surface area contributed by atoms with Crippen LogP contribution in [0.1, 0.15) is 46.5 Å². The van der Waals surface area contributed by atoms with Crippen molar-refractivity contribution in [1.82, 2.24) is 0 Å². The Balaban J connectivity index is 1.54. The fourth-order valence-electron chi connectivity index (χ4n) is 6.30. The average molecular weight is 414 g/mol. The minimum atomic E-state index is -1.45. The van der Waals surface area contributed by atoms with E-state index >= 15 is 0 Å². The molecule has 8 heteroatoms. The molecule has 166 valence electrons. The van der Waals surface area contributed by atoms with Gasteiger partial charge in [0.15, 0.2) is 6.29 Å². The molecule has 0 aromatic heterocycles. The van der Waals surface area contributed by atoms with Crippen LogP contribution in [0.3, 0.4) is 0 Å². The van der Waals surface area contributed by atoms with Gasteiger partial charge < -0.3 is 34.6 Å². The second kappa shape index (κ2) is 7.73. The van der Waals surface area contributed by atoms with Crippen molar-refractivity contribution in [2.45, 2.75) is 89.4 Å². The van der Waals surface area contributed by atoms with Crippen LogP contribution in [-0.4, -0.2) is 75.9 Å². The maximum Gasteiger partial charge on any atom is 0.309 e. The molecule has 4 aliphatic rings. The fourth-order valence-corrected chi connectivity index (χ4v) is 6.30. The Bertz CT molecular complexity index is 626. The molecule has 29 heavy (non-hydrogen) atoms. The van der Waals surface area contributed by atoms with Crippen molar-refractivity contribution in [2.75, 3.05) is 6.61 Å². The summed E-state index contributed by atoms with van der Waals surface area (Å²) in [5.74, 6) is 0.863. The largest absolute Gasteiger partial charge is 0.462 e. The molecular formula is C21H34O8. The minimum absolute atomic E-state index is 0.0801. The highest BCUT2D eigenvalue weighted by Crippen LogP contribution is 2.58. The van der Waals surface area contributed by atoms with Crippen LogP contribution in [0.4, 0.5) is 0 Å². The van der Waals surface area contributed by atoms with Gasteiger partial charge in [-0.3, -0.25) is 4.79 Å². The summed E-state index contributed by atoms with van der Waals surface area (Å²) in [6.45, 7) is 5.87. The molecule has 12 atom stereocenters. The van der Waals surface area contributed by atoms with Crippen LogP contribution >= 0.6 is 0 Å². The van der Waals surface area contributed by atoms with E-state index in [1.807, 2.05) is 6.92 Å². The highest BCUT2D eigenvalue weighted by atomic mass is 16.7. The number of carbonyl (C=O) groups excluding carboxylic acids is 1. The topological polar surface area (TPSA) is 126 Å². The monoisotopic (exact) mass is 414 g/mol. The Morgan fingerprint density at radius 3 is 2.55 bits per heavy atom. The number of aliphatic hydroxyl groups excluding tert-OH is 4. The second-order valence-electron chi connectivity index (χ2n) is 9.86. The van der Waals surface area contributed by atoms with Gasteiger partial charge in [0, 0.05) is 11.3 Å². The van der Waals surface area contributed by atoms with Gasteiger partial charge in [0.25, 0.3) is 0 Å². The summed E-state index contributed by atoms with van der Waals surface area (Å²) < 4.78 is 17.5. The number of aliphatic hydroxyl groups is 4. The van der Waals surface area contributed by atoms with E-state index in [1.54, 1.807) is 0 Å². The molecule has 2 heterocycles. The molecule has 2 saturated heterocycles. The van der Waals surface area contributed by atoms with Crippen molar-refractivity contribution in [3.8, 4) is 0 Å². The number of hydrogen-bond acceptors (Lipinski definition) is 8. The molecule has 8 nitrogen and oxygen atoms in total. The summed E-state index contributed by atoms with van der Waals surface area (Å²) in [5, 5.41) is 39.9. The molecule has 4 fully saturated rings. The molecule has 0 unspecified atom stereocenters. The predicted octanol–water partition coefficient (Wildman–Crippen LogP) is 0.195. The lowest BCUT2D eigenvalue weighted by atomic mass is 9.52. The van der Waals surface area contributed by atoms with Crippen LogP contribution in [0, 0.1) is 29.1 Å². The van der Waals surface area contributed by atoms with Crippen LogP contribution in [-0.2, 0) is 19.0 Å². The SMILES string of the molecule is C[C@H]1CC[C@@H](O[C@@H]2O[C@H](CO)[C@@H](O)[C@H](O)[C@H]2O)[C@]2(C)C[C@H]3OC(=O)[C@H](C)[C@H]3C[C@@H]12. The Kier molecular flexibility index (Phi) is 5.72. The van der Waals surface area contributed by atoms with E-state index in [4.69, 9.17) is 14.2 Å². The van der Waals surface area contributed by atoms with Gasteiger partial charge in [0.05, 0.1) is 18.6 Å². The first kappa shape index (κ1) is 21.5. The second-order valence-corrected chi connectivity index (χ2v) is 9.86. The molecule has 0 bridgehead atoms. The maximum absolute atomic E-state index is 12.1. The van der Waals surface area contributed by atoms with Crippen LogP contribution in [0.15, 0.2) is 0 Å². The molecule has 0 amide bonds. The van der Waals surface area contributed by atoms with E-state index in [0.29, 0.717) is 18.3 Å². The predicted molar refractivity (Wildman–Crippen MR) is 100 cm³/mol. The highest BCUT2D eigenvalue weighted by Gasteiger charge is 2.59. The molecule has 2 aliphatic heterocycles. The maximum atomic E-state index is 12.1. The molecule has 2 saturated carbocycles. The standard InChI is InChI=1S/C21H34O8/c1-9-4-5-15(29-20-18(25)17(24)16(23)14(8-22)28-20)21(3)7-13-11(6-12(9)21)10(2)19(26)27-13/h9-18,20,22-25H,4-8H2,1-3H3/t9-,10+,11+,12-,13+,14+,15+,16+,17-,18+,20-,21+/m0/s1. The molecule has 4 rings (SSSR count). The fraction of sp³-hybridized carbons (Fsp3) is 0.952. The lowest BCUT2D eigenvalue weighted by Crippen LogP contribution is -2.61. The normalized spacial score (nSPS) is 55.1. The Morgan fingerprint density at radius 1 is 1.14 bits per heavy atom. The number of carbonyl (C=O) groups is 1. The van der Waals surface area contributed by atoms with Crippen LogP contribution in [0.5, 0.6) is 0 Å². The Hall–Kier alpha value is -0.770. The van der Waals surface area contributed by atoms with Crippen molar-refractivity contribution in [3.05, 3.63) is 0 Å². The van der Waals surface area contributed by atoms with Gasteiger partial charge in [-0.05, 0) is 37.5 Å². The van der Waals surface area contributed by atoms with Crippen molar-refractivity contribution in [3.63, 3.8) is 0 Å². The van der Waals surface area contributed by atoms with Gasteiger partial charge in [0.1, 0.15) is 30.5 Å². The lowest BCUT2D eigenvalue weighted by Gasteiger charge is -2.56. The molecule has 0 aromatic carbocycles. The first-order valence-electron chi connectivity index (χ1n) is 10.8. The van der Waals surface area contributed by atoms with Gasteiger partial charge >= 0.3 is 5.97 Å². The first-order chi connectivity index (χ1) is 13.7. The number of esters is 1. The number of fused-ring (bicyclic) bond motifs is 2. The zero-order valence-electron chi connectivity index (χ0n) is 17.3. The van der Waals surface area contributed by atoms with E-state index in [9.17, 15) is 25.2 Å². The van der Waals surface area contributed by atoms with Gasteiger partial charge in [-0.2, -0.15) is 0 Å². The van der Waals surface area contributed by atoms with Gasteiger partial charge in [-0.15, -0.1) is 0 Å². The third-order valence-corrected chi connectivity index (χ3v) is 8.23. The van der Waals surface area contributed by atoms with E-state index in [2.05, 4.69) is 13.8 Å². The first-order valence-corrected chi connectivity index (χ1v) is 10.8. The van der Waals surface area contributed by atoms with Gasteiger partial charge in [-0.1, -0.05) is 20.8 Å². The summed E-state index contributed by atoms with van der Waals surface area (Å²) >= 11 is 0. The molecule has 2 aliphatic carbocycles. The van der Waals surface area contributed by atoms with Gasteiger partial charge in [-0.25, -0.2) is 0 Å². The third kappa shape index (κ3) is 3.42. The van der Waals surface area contributed by atoms with Crippen molar-refractivity contribution < 1.29 is 39.4 Å². The van der Waals surface area contributed by atoms with Crippen LogP contribution < -0.4 is 0 Å². The molecule has 4 N–H and O–H groups in total. The Morgan fingerprint density at radius 2 is 1.86 bits per heavy atom. The number of rotatable bonds is 3. The summed E-state index contributed by atoms with van der Waals surface area (Å²) in [7, 11) is 0.